The number of alkyl halides is 1. The molecule has 0 saturated heterocycles. The van der Waals surface area contributed by atoms with Gasteiger partial charge in [0.25, 0.3) is 0 Å². The molecule has 0 spiro atoms. The van der Waals surface area contributed by atoms with Crippen molar-refractivity contribution < 1.29 is 14.6 Å². The number of Topliss-reactive ketones (excluding diaryl/α,β-unsaturated/α-hetero) is 1. The predicted molar refractivity (Wildman–Crippen MR) is 66.1 cm³/mol. The van der Waals surface area contributed by atoms with Gasteiger partial charge in [-0.15, -0.1) is 11.6 Å². The SMILES string of the molecule is CCO[C@H]1C[C@H]2C(C)=C(C)[C@@H]1C(=O)[C@]2(O)CCl. The van der Waals surface area contributed by atoms with Crippen molar-refractivity contribution in [3.05, 3.63) is 11.1 Å². The summed E-state index contributed by atoms with van der Waals surface area (Å²) >= 11 is 5.81. The lowest BCUT2D eigenvalue weighted by Gasteiger charge is -2.50. The van der Waals surface area contributed by atoms with Crippen LogP contribution in [0.4, 0.5) is 0 Å². The number of aliphatic hydroxyl groups is 1. The Kier molecular flexibility index (Phi) is 3.36. The predicted octanol–water partition coefficient (Wildman–Crippen LogP) is 1.92. The minimum atomic E-state index is -1.39. The Balaban J connectivity index is 2.43. The Morgan fingerprint density at radius 2 is 2.12 bits per heavy atom. The van der Waals surface area contributed by atoms with Crippen LogP contribution >= 0.6 is 11.6 Å². The first-order valence-electron chi connectivity index (χ1n) is 6.08. The second-order valence-corrected chi connectivity index (χ2v) is 5.32. The van der Waals surface area contributed by atoms with E-state index in [1.165, 1.54) is 0 Å². The van der Waals surface area contributed by atoms with Gasteiger partial charge in [-0.1, -0.05) is 11.1 Å². The molecule has 3 rings (SSSR count). The van der Waals surface area contributed by atoms with Crippen LogP contribution in [0.2, 0.25) is 0 Å². The van der Waals surface area contributed by atoms with Crippen LogP contribution in [-0.2, 0) is 9.53 Å². The van der Waals surface area contributed by atoms with Crippen LogP contribution in [0.15, 0.2) is 11.1 Å². The van der Waals surface area contributed by atoms with E-state index in [-0.39, 0.29) is 29.6 Å². The first kappa shape index (κ1) is 13.1. The molecule has 3 nitrogen and oxygen atoms in total. The van der Waals surface area contributed by atoms with Gasteiger partial charge < -0.3 is 9.84 Å². The van der Waals surface area contributed by atoms with Gasteiger partial charge in [-0.25, -0.2) is 0 Å². The van der Waals surface area contributed by atoms with Gasteiger partial charge >= 0.3 is 0 Å². The average Bonchev–Trinajstić information content (AvgIpc) is 2.31. The summed E-state index contributed by atoms with van der Waals surface area (Å²) in [6, 6.07) is 0. The van der Waals surface area contributed by atoms with Crippen LogP contribution in [-0.4, -0.2) is 35.1 Å². The zero-order chi connectivity index (χ0) is 12.8. The number of halogens is 1. The van der Waals surface area contributed by atoms with Crippen LogP contribution < -0.4 is 0 Å². The fourth-order valence-electron chi connectivity index (χ4n) is 3.24. The molecule has 17 heavy (non-hydrogen) atoms. The van der Waals surface area contributed by atoms with E-state index < -0.39 is 5.60 Å². The number of ketones is 1. The zero-order valence-corrected chi connectivity index (χ0v) is 11.3. The first-order chi connectivity index (χ1) is 7.97. The molecule has 3 aliphatic carbocycles. The highest BCUT2D eigenvalue weighted by atomic mass is 35.5. The summed E-state index contributed by atoms with van der Waals surface area (Å²) in [6.07, 6.45) is 0.598. The zero-order valence-electron chi connectivity index (χ0n) is 10.5. The van der Waals surface area contributed by atoms with E-state index >= 15 is 0 Å². The molecule has 0 amide bonds. The Hall–Kier alpha value is -0.380. The molecule has 0 aliphatic heterocycles. The van der Waals surface area contributed by atoms with Gasteiger partial charge in [0.1, 0.15) is 5.60 Å². The highest BCUT2D eigenvalue weighted by molar-refractivity contribution is 6.21. The molecule has 4 heteroatoms. The molecule has 1 fully saturated rings. The maximum atomic E-state index is 12.3. The Bertz CT molecular complexity index is 377. The van der Waals surface area contributed by atoms with Crippen molar-refractivity contribution in [1.82, 2.24) is 0 Å². The van der Waals surface area contributed by atoms with Gasteiger partial charge in [0.2, 0.25) is 0 Å². The van der Waals surface area contributed by atoms with Gasteiger partial charge in [0.15, 0.2) is 5.78 Å². The summed E-state index contributed by atoms with van der Waals surface area (Å²) in [7, 11) is 0. The molecule has 96 valence electrons. The number of hydrogen-bond donors (Lipinski definition) is 1. The van der Waals surface area contributed by atoms with Gasteiger partial charge in [0.05, 0.1) is 17.9 Å². The van der Waals surface area contributed by atoms with Crippen LogP contribution in [0.25, 0.3) is 0 Å². The monoisotopic (exact) mass is 258 g/mol. The highest BCUT2D eigenvalue weighted by Crippen LogP contribution is 2.49. The third-order valence-electron chi connectivity index (χ3n) is 4.32. The van der Waals surface area contributed by atoms with Crippen molar-refractivity contribution in [2.75, 3.05) is 12.5 Å². The van der Waals surface area contributed by atoms with E-state index in [1.54, 1.807) is 0 Å². The van der Waals surface area contributed by atoms with Crippen molar-refractivity contribution in [3.8, 4) is 0 Å². The molecular formula is C13H19ClO3. The lowest BCUT2D eigenvalue weighted by molar-refractivity contribution is -0.161. The normalized spacial score (nSPS) is 41.2. The van der Waals surface area contributed by atoms with Crippen LogP contribution in [0.5, 0.6) is 0 Å². The number of fused-ring (bicyclic) bond motifs is 2. The second-order valence-electron chi connectivity index (χ2n) is 5.05. The number of rotatable bonds is 3. The fourth-order valence-corrected chi connectivity index (χ4v) is 3.56. The molecule has 3 aliphatic rings. The van der Waals surface area contributed by atoms with Crippen molar-refractivity contribution >= 4 is 17.4 Å². The summed E-state index contributed by atoms with van der Waals surface area (Å²) < 4.78 is 5.63. The summed E-state index contributed by atoms with van der Waals surface area (Å²) in [5, 5.41) is 10.4. The van der Waals surface area contributed by atoms with E-state index in [4.69, 9.17) is 16.3 Å². The number of carbonyl (C=O) groups is 1. The minimum absolute atomic E-state index is 0.0313. The van der Waals surface area contributed by atoms with Crippen molar-refractivity contribution in [2.24, 2.45) is 11.8 Å². The highest BCUT2D eigenvalue weighted by Gasteiger charge is 2.58. The summed E-state index contributed by atoms with van der Waals surface area (Å²) in [6.45, 7) is 6.46. The molecule has 0 heterocycles. The van der Waals surface area contributed by atoms with Gasteiger partial charge in [-0.2, -0.15) is 0 Å². The molecule has 0 aromatic carbocycles. The summed E-state index contributed by atoms with van der Waals surface area (Å²) in [4.78, 5) is 12.3. The Morgan fingerprint density at radius 1 is 1.47 bits per heavy atom. The smallest absolute Gasteiger partial charge is 0.175 e. The fraction of sp³-hybridized carbons (Fsp3) is 0.769. The lowest BCUT2D eigenvalue weighted by atomic mass is 9.58. The van der Waals surface area contributed by atoms with E-state index in [9.17, 15) is 9.90 Å². The number of carbonyl (C=O) groups excluding carboxylic acids is 1. The number of ether oxygens (including phenoxy) is 1. The summed E-state index contributed by atoms with van der Waals surface area (Å²) in [5.74, 6) is -0.695. The van der Waals surface area contributed by atoms with Gasteiger partial charge in [-0.3, -0.25) is 4.79 Å². The molecular weight excluding hydrogens is 240 g/mol. The third kappa shape index (κ3) is 1.67. The largest absolute Gasteiger partial charge is 0.380 e. The van der Waals surface area contributed by atoms with E-state index in [0.717, 1.165) is 11.1 Å². The Labute approximate surface area is 107 Å². The molecule has 1 N–H and O–H groups in total. The van der Waals surface area contributed by atoms with E-state index in [0.29, 0.717) is 13.0 Å². The first-order valence-corrected chi connectivity index (χ1v) is 6.62. The van der Waals surface area contributed by atoms with Crippen LogP contribution in [0.3, 0.4) is 0 Å². The molecule has 0 aromatic heterocycles. The molecule has 0 unspecified atom stereocenters. The van der Waals surface area contributed by atoms with Crippen molar-refractivity contribution in [1.29, 1.82) is 0 Å². The summed E-state index contributed by atoms with van der Waals surface area (Å²) in [5.41, 5.74) is 0.775. The van der Waals surface area contributed by atoms with E-state index in [2.05, 4.69) is 0 Å². The van der Waals surface area contributed by atoms with Crippen LogP contribution in [0.1, 0.15) is 27.2 Å². The Morgan fingerprint density at radius 3 is 2.65 bits per heavy atom. The molecule has 0 aromatic rings. The standard InChI is InChI=1S/C13H19ClO3/c1-4-17-10-5-9-7(2)8(3)11(10)12(15)13(9,16)6-14/h9-11,16H,4-6H2,1-3H3/t9-,10-,11-,13-/m0/s1. The molecule has 4 atom stereocenters. The number of hydrogen-bond acceptors (Lipinski definition) is 3. The molecule has 0 radical (unpaired) electrons. The third-order valence-corrected chi connectivity index (χ3v) is 4.73. The van der Waals surface area contributed by atoms with Crippen molar-refractivity contribution in [2.45, 2.75) is 38.9 Å². The van der Waals surface area contributed by atoms with Gasteiger partial charge in [-0.05, 0) is 27.2 Å². The molecule has 1 saturated carbocycles. The maximum absolute atomic E-state index is 12.3. The lowest BCUT2D eigenvalue weighted by Crippen LogP contribution is -2.62. The average molecular weight is 259 g/mol. The maximum Gasteiger partial charge on any atom is 0.175 e. The quantitative estimate of drug-likeness (QED) is 0.621. The second kappa shape index (κ2) is 4.38. The van der Waals surface area contributed by atoms with Gasteiger partial charge in [0, 0.05) is 12.5 Å². The van der Waals surface area contributed by atoms with Crippen LogP contribution in [0, 0.1) is 11.8 Å². The minimum Gasteiger partial charge on any atom is -0.380 e. The van der Waals surface area contributed by atoms with Crippen molar-refractivity contribution in [3.63, 3.8) is 0 Å². The molecule has 2 bridgehead atoms. The topological polar surface area (TPSA) is 46.5 Å². The van der Waals surface area contributed by atoms with E-state index in [1.807, 2.05) is 20.8 Å².